The van der Waals surface area contributed by atoms with Gasteiger partial charge in [0.1, 0.15) is 6.33 Å². The van der Waals surface area contributed by atoms with Crippen molar-refractivity contribution in [1.82, 2.24) is 29.7 Å². The first kappa shape index (κ1) is 12.7. The van der Waals surface area contributed by atoms with Crippen molar-refractivity contribution in [3.05, 3.63) is 12.2 Å². The minimum Gasteiger partial charge on any atom is -0.464 e. The van der Waals surface area contributed by atoms with Crippen LogP contribution in [-0.2, 0) is 4.74 Å². The first-order valence-electron chi connectivity index (χ1n) is 5.28. The smallest absolute Gasteiger partial charge is 0.377 e. The maximum Gasteiger partial charge on any atom is 0.377 e. The summed E-state index contributed by atoms with van der Waals surface area (Å²) in [7, 11) is 1.23. The Morgan fingerprint density at radius 2 is 2.21 bits per heavy atom. The van der Waals surface area contributed by atoms with E-state index in [-0.39, 0.29) is 23.7 Å². The zero-order valence-corrected chi connectivity index (χ0v) is 10.3. The lowest BCUT2D eigenvalue weighted by Gasteiger charge is -2.03. The van der Waals surface area contributed by atoms with E-state index in [1.165, 1.54) is 18.1 Å². The molecule has 0 aliphatic heterocycles. The third-order valence-corrected chi connectivity index (χ3v) is 1.96. The van der Waals surface area contributed by atoms with Gasteiger partial charge in [0.2, 0.25) is 5.95 Å². The molecule has 2 aromatic heterocycles. The minimum atomic E-state index is -0.661. The lowest BCUT2D eigenvalue weighted by atomic mass is 10.6. The second-order valence-electron chi connectivity index (χ2n) is 3.21. The van der Waals surface area contributed by atoms with E-state index < -0.39 is 5.97 Å². The van der Waals surface area contributed by atoms with Gasteiger partial charge in [-0.05, 0) is 6.92 Å². The van der Waals surface area contributed by atoms with Gasteiger partial charge >= 0.3 is 12.0 Å². The highest BCUT2D eigenvalue weighted by atomic mass is 16.5. The number of rotatable bonds is 4. The average Bonchev–Trinajstić information content (AvgIpc) is 2.87. The van der Waals surface area contributed by atoms with E-state index in [0.717, 1.165) is 0 Å². The molecule has 0 fully saturated rings. The van der Waals surface area contributed by atoms with Crippen LogP contribution in [0.1, 0.15) is 17.5 Å². The summed E-state index contributed by atoms with van der Waals surface area (Å²) in [5.74, 6) is -0.701. The van der Waals surface area contributed by atoms with Crippen LogP contribution in [0.25, 0.3) is 5.95 Å². The van der Waals surface area contributed by atoms with Crippen molar-refractivity contribution in [2.45, 2.75) is 6.92 Å². The number of anilines is 1. The predicted molar refractivity (Wildman–Crippen MR) is 61.7 cm³/mol. The number of aromatic nitrogens is 6. The lowest BCUT2D eigenvalue weighted by molar-refractivity contribution is 0.0587. The van der Waals surface area contributed by atoms with E-state index in [9.17, 15) is 4.79 Å². The molecule has 2 rings (SSSR count). The summed E-state index contributed by atoms with van der Waals surface area (Å²) < 4.78 is 10.8. The summed E-state index contributed by atoms with van der Waals surface area (Å²) in [4.78, 5) is 26.6. The van der Waals surface area contributed by atoms with Gasteiger partial charge in [-0.25, -0.2) is 9.78 Å². The average molecular weight is 265 g/mol. The number of hydrogen-bond acceptors (Lipinski definition) is 9. The number of methoxy groups -OCH3 is 1. The Kier molecular flexibility index (Phi) is 3.50. The van der Waals surface area contributed by atoms with Gasteiger partial charge in [0.15, 0.2) is 0 Å². The van der Waals surface area contributed by atoms with Crippen LogP contribution in [-0.4, -0.2) is 49.4 Å². The van der Waals surface area contributed by atoms with Crippen molar-refractivity contribution in [3.8, 4) is 12.0 Å². The quantitative estimate of drug-likeness (QED) is 0.707. The Bertz CT molecular complexity index is 597. The highest BCUT2D eigenvalue weighted by Gasteiger charge is 2.14. The van der Waals surface area contributed by atoms with Crippen LogP contribution in [0.3, 0.4) is 0 Å². The Labute approximate surface area is 107 Å². The molecule has 0 aliphatic carbocycles. The number of nitrogen functional groups attached to an aromatic ring is 1. The molecule has 0 bridgehead atoms. The number of nitrogens with two attached hydrogens (primary N) is 1. The molecule has 2 aromatic rings. The van der Waals surface area contributed by atoms with E-state index in [1.807, 2.05) is 0 Å². The molecule has 2 heterocycles. The fourth-order valence-corrected chi connectivity index (χ4v) is 1.20. The number of ether oxygens (including phenoxy) is 2. The van der Waals surface area contributed by atoms with Crippen molar-refractivity contribution in [2.75, 3.05) is 19.5 Å². The zero-order valence-electron chi connectivity index (χ0n) is 10.3. The van der Waals surface area contributed by atoms with Crippen molar-refractivity contribution in [2.24, 2.45) is 0 Å². The maximum atomic E-state index is 11.2. The molecule has 0 saturated heterocycles. The standard InChI is InChI=1S/C9H11N7O3/c1-3-19-9-13-7(10)12-8(14-9)16-4-11-5(15-16)6(17)18-2/h4H,3H2,1-2H3,(H2,10,12,13,14). The maximum absolute atomic E-state index is 11.2. The highest BCUT2D eigenvalue weighted by Crippen LogP contribution is 2.08. The van der Waals surface area contributed by atoms with E-state index in [0.29, 0.717) is 6.61 Å². The van der Waals surface area contributed by atoms with Gasteiger partial charge in [0.25, 0.3) is 11.8 Å². The Morgan fingerprint density at radius 1 is 1.42 bits per heavy atom. The normalized spacial score (nSPS) is 10.2. The van der Waals surface area contributed by atoms with Crippen LogP contribution in [0.4, 0.5) is 5.95 Å². The third kappa shape index (κ3) is 2.73. The van der Waals surface area contributed by atoms with Gasteiger partial charge < -0.3 is 15.2 Å². The van der Waals surface area contributed by atoms with Crippen molar-refractivity contribution >= 4 is 11.9 Å². The van der Waals surface area contributed by atoms with Crippen LogP contribution in [0.5, 0.6) is 6.01 Å². The Balaban J connectivity index is 2.35. The van der Waals surface area contributed by atoms with Crippen LogP contribution in [0.15, 0.2) is 6.33 Å². The molecule has 0 aliphatic rings. The molecule has 19 heavy (non-hydrogen) atoms. The summed E-state index contributed by atoms with van der Waals surface area (Å²) in [6.07, 6.45) is 1.26. The zero-order chi connectivity index (χ0) is 13.8. The largest absolute Gasteiger partial charge is 0.464 e. The molecule has 0 saturated carbocycles. The molecular weight excluding hydrogens is 254 g/mol. The SMILES string of the molecule is CCOc1nc(N)nc(-n2cnc(C(=O)OC)n2)n1. The number of esters is 1. The molecule has 100 valence electrons. The Hall–Kier alpha value is -2.78. The molecule has 10 heteroatoms. The third-order valence-electron chi connectivity index (χ3n) is 1.96. The molecule has 0 amide bonds. The van der Waals surface area contributed by atoms with E-state index in [2.05, 4.69) is 29.8 Å². The Morgan fingerprint density at radius 3 is 2.89 bits per heavy atom. The van der Waals surface area contributed by atoms with Crippen LogP contribution < -0.4 is 10.5 Å². The van der Waals surface area contributed by atoms with Gasteiger partial charge in [-0.3, -0.25) is 0 Å². The van der Waals surface area contributed by atoms with Crippen molar-refractivity contribution < 1.29 is 14.3 Å². The van der Waals surface area contributed by atoms with Gasteiger partial charge in [-0.15, -0.1) is 5.10 Å². The van der Waals surface area contributed by atoms with E-state index in [1.54, 1.807) is 6.92 Å². The van der Waals surface area contributed by atoms with E-state index >= 15 is 0 Å². The number of carbonyl (C=O) groups excluding carboxylic acids is 1. The molecule has 0 atom stereocenters. The summed E-state index contributed by atoms with van der Waals surface area (Å²) >= 11 is 0. The molecule has 0 unspecified atom stereocenters. The molecule has 0 spiro atoms. The first-order valence-corrected chi connectivity index (χ1v) is 5.28. The fourth-order valence-electron chi connectivity index (χ4n) is 1.20. The van der Waals surface area contributed by atoms with Gasteiger partial charge in [-0.2, -0.15) is 19.6 Å². The highest BCUT2D eigenvalue weighted by molar-refractivity contribution is 5.84. The summed E-state index contributed by atoms with van der Waals surface area (Å²) in [6.45, 7) is 2.16. The fraction of sp³-hybridized carbons (Fsp3) is 0.333. The number of carbonyl (C=O) groups is 1. The first-order chi connectivity index (χ1) is 9.13. The second kappa shape index (κ2) is 5.25. The summed E-state index contributed by atoms with van der Waals surface area (Å²) in [5, 5.41) is 3.86. The number of nitrogens with zero attached hydrogens (tertiary/aromatic N) is 6. The van der Waals surface area contributed by atoms with Crippen LogP contribution in [0, 0.1) is 0 Å². The molecule has 0 radical (unpaired) electrons. The van der Waals surface area contributed by atoms with Gasteiger partial charge in [-0.1, -0.05) is 0 Å². The molecule has 0 aromatic carbocycles. The van der Waals surface area contributed by atoms with Crippen molar-refractivity contribution in [3.63, 3.8) is 0 Å². The van der Waals surface area contributed by atoms with Gasteiger partial charge in [0.05, 0.1) is 13.7 Å². The van der Waals surface area contributed by atoms with Crippen LogP contribution >= 0.6 is 0 Å². The lowest BCUT2D eigenvalue weighted by Crippen LogP contribution is -2.10. The summed E-state index contributed by atoms with van der Waals surface area (Å²) in [5.41, 5.74) is 5.52. The van der Waals surface area contributed by atoms with Crippen molar-refractivity contribution in [1.29, 1.82) is 0 Å². The summed E-state index contributed by atoms with van der Waals surface area (Å²) in [6, 6.07) is 0.0696. The predicted octanol–water partition coefficient (Wildman–Crippen LogP) is -0.780. The topological polar surface area (TPSA) is 131 Å². The molecule has 10 nitrogen and oxygen atoms in total. The second-order valence-corrected chi connectivity index (χ2v) is 3.21. The number of hydrogen-bond donors (Lipinski definition) is 1. The van der Waals surface area contributed by atoms with Crippen LogP contribution in [0.2, 0.25) is 0 Å². The van der Waals surface area contributed by atoms with E-state index in [4.69, 9.17) is 10.5 Å². The molecule has 2 N–H and O–H groups in total. The molecular formula is C9H11N7O3. The minimum absolute atomic E-state index is 0.0245. The van der Waals surface area contributed by atoms with Gasteiger partial charge in [0, 0.05) is 0 Å². The monoisotopic (exact) mass is 265 g/mol.